The average molecular weight is 258 g/mol. The van der Waals surface area contributed by atoms with Crippen LogP contribution in [0.15, 0.2) is 35.2 Å². The zero-order valence-electron chi connectivity index (χ0n) is 9.84. The van der Waals surface area contributed by atoms with Crippen molar-refractivity contribution in [3.05, 3.63) is 30.3 Å². The van der Waals surface area contributed by atoms with Crippen molar-refractivity contribution in [3.63, 3.8) is 0 Å². The normalized spacial score (nSPS) is 11.9. The second-order valence-electron chi connectivity index (χ2n) is 4.31. The third-order valence-corrected chi connectivity index (χ3v) is 2.80. The lowest BCUT2D eigenvalue weighted by Gasteiger charge is -2.18. The summed E-state index contributed by atoms with van der Waals surface area (Å²) in [4.78, 5) is 11.1. The van der Waals surface area contributed by atoms with Crippen molar-refractivity contribution in [2.24, 2.45) is 0 Å². The van der Waals surface area contributed by atoms with Crippen molar-refractivity contribution in [1.29, 1.82) is 0 Å². The van der Waals surface area contributed by atoms with Gasteiger partial charge in [-0.1, -0.05) is 18.2 Å². The molecule has 0 aliphatic heterocycles. The van der Waals surface area contributed by atoms with Gasteiger partial charge in [-0.05, 0) is 32.9 Å². The van der Waals surface area contributed by atoms with E-state index in [0.29, 0.717) is 0 Å². The standard InChI is InChI=1S/C11H14O5S/c1-11(2,3)15-10(12)16-17(13,14)9-7-5-4-6-8-9/h4-8H,1-3H3. The molecule has 0 atom stereocenters. The molecule has 0 unspecified atom stereocenters. The van der Waals surface area contributed by atoms with E-state index in [9.17, 15) is 13.2 Å². The molecule has 0 amide bonds. The van der Waals surface area contributed by atoms with Gasteiger partial charge >= 0.3 is 16.3 Å². The van der Waals surface area contributed by atoms with Crippen LogP contribution in [-0.2, 0) is 19.0 Å². The van der Waals surface area contributed by atoms with Gasteiger partial charge in [-0.25, -0.2) is 4.79 Å². The quantitative estimate of drug-likeness (QED) is 0.601. The van der Waals surface area contributed by atoms with Crippen molar-refractivity contribution in [2.45, 2.75) is 31.3 Å². The summed E-state index contributed by atoms with van der Waals surface area (Å²) in [5.74, 6) is 0. The highest BCUT2D eigenvalue weighted by atomic mass is 32.2. The summed E-state index contributed by atoms with van der Waals surface area (Å²) in [6, 6.07) is 7.39. The molecule has 17 heavy (non-hydrogen) atoms. The fourth-order valence-electron chi connectivity index (χ4n) is 0.992. The van der Waals surface area contributed by atoms with E-state index in [4.69, 9.17) is 4.74 Å². The molecule has 0 saturated heterocycles. The number of carbonyl (C=O) groups excluding carboxylic acids is 1. The van der Waals surface area contributed by atoms with Crippen LogP contribution in [-0.4, -0.2) is 20.2 Å². The molecule has 0 fully saturated rings. The molecule has 0 radical (unpaired) electrons. The Labute approximate surface area is 100 Å². The molecule has 0 spiro atoms. The first kappa shape index (κ1) is 13.5. The van der Waals surface area contributed by atoms with Crippen molar-refractivity contribution in [3.8, 4) is 0 Å². The van der Waals surface area contributed by atoms with Crippen molar-refractivity contribution >= 4 is 16.3 Å². The van der Waals surface area contributed by atoms with Gasteiger partial charge in [-0.15, -0.1) is 0 Å². The van der Waals surface area contributed by atoms with Gasteiger partial charge in [0.25, 0.3) is 0 Å². The SMILES string of the molecule is CC(C)(C)OC(=O)OS(=O)(=O)c1ccccc1. The Hall–Kier alpha value is -1.56. The topological polar surface area (TPSA) is 69.7 Å². The van der Waals surface area contributed by atoms with Crippen molar-refractivity contribution in [2.75, 3.05) is 0 Å². The number of hydrogen-bond acceptors (Lipinski definition) is 5. The summed E-state index contributed by atoms with van der Waals surface area (Å²) in [5.41, 5.74) is -0.802. The van der Waals surface area contributed by atoms with Gasteiger partial charge < -0.3 is 8.92 Å². The first-order chi connectivity index (χ1) is 7.71. The molecule has 0 bridgehead atoms. The molecule has 1 aromatic rings. The molecule has 1 rings (SSSR count). The van der Waals surface area contributed by atoms with Crippen LogP contribution in [0.5, 0.6) is 0 Å². The molecular formula is C11H14O5S. The minimum absolute atomic E-state index is 0.0918. The van der Waals surface area contributed by atoms with Crippen LogP contribution in [0.2, 0.25) is 0 Å². The summed E-state index contributed by atoms with van der Waals surface area (Å²) in [7, 11) is -4.11. The van der Waals surface area contributed by atoms with Gasteiger partial charge in [-0.3, -0.25) is 0 Å². The zero-order valence-corrected chi connectivity index (χ0v) is 10.7. The second kappa shape index (κ2) is 4.75. The Morgan fingerprint density at radius 2 is 1.65 bits per heavy atom. The lowest BCUT2D eigenvalue weighted by atomic mass is 10.2. The van der Waals surface area contributed by atoms with Crippen LogP contribution in [0.4, 0.5) is 4.79 Å². The highest BCUT2D eigenvalue weighted by molar-refractivity contribution is 7.87. The maximum atomic E-state index is 11.6. The number of hydrogen-bond donors (Lipinski definition) is 0. The highest BCUT2D eigenvalue weighted by Gasteiger charge is 2.24. The lowest BCUT2D eigenvalue weighted by Crippen LogP contribution is -2.26. The minimum Gasteiger partial charge on any atom is -0.428 e. The van der Waals surface area contributed by atoms with Gasteiger partial charge in [0.2, 0.25) is 0 Å². The van der Waals surface area contributed by atoms with Gasteiger partial charge in [-0.2, -0.15) is 8.42 Å². The van der Waals surface area contributed by atoms with Crippen LogP contribution >= 0.6 is 0 Å². The molecule has 0 heterocycles. The van der Waals surface area contributed by atoms with Crippen LogP contribution < -0.4 is 0 Å². The molecule has 6 heteroatoms. The molecule has 0 aromatic heterocycles. The fraction of sp³-hybridized carbons (Fsp3) is 0.364. The van der Waals surface area contributed by atoms with Crippen LogP contribution in [0.25, 0.3) is 0 Å². The predicted molar refractivity (Wildman–Crippen MR) is 60.9 cm³/mol. The van der Waals surface area contributed by atoms with E-state index in [0.717, 1.165) is 0 Å². The maximum absolute atomic E-state index is 11.6. The molecular weight excluding hydrogens is 244 g/mol. The Balaban J connectivity index is 2.79. The van der Waals surface area contributed by atoms with Gasteiger partial charge in [0.15, 0.2) is 0 Å². The number of carbonyl (C=O) groups is 1. The molecule has 0 N–H and O–H groups in total. The summed E-state index contributed by atoms with van der Waals surface area (Å²) in [6.45, 7) is 4.84. The molecule has 0 aliphatic rings. The molecule has 1 aromatic carbocycles. The Morgan fingerprint density at radius 3 is 2.12 bits per heavy atom. The summed E-state index contributed by atoms with van der Waals surface area (Å²) >= 11 is 0. The van der Waals surface area contributed by atoms with E-state index in [1.165, 1.54) is 24.3 Å². The van der Waals surface area contributed by atoms with E-state index in [2.05, 4.69) is 4.18 Å². The molecule has 0 saturated carbocycles. The largest absolute Gasteiger partial charge is 0.525 e. The van der Waals surface area contributed by atoms with Gasteiger partial charge in [0.1, 0.15) is 10.5 Å². The van der Waals surface area contributed by atoms with E-state index in [1.54, 1.807) is 26.8 Å². The second-order valence-corrected chi connectivity index (χ2v) is 5.86. The summed E-state index contributed by atoms with van der Waals surface area (Å²) < 4.78 is 32.3. The van der Waals surface area contributed by atoms with Crippen LogP contribution in [0.3, 0.4) is 0 Å². The monoisotopic (exact) mass is 258 g/mol. The maximum Gasteiger partial charge on any atom is 0.525 e. The fourth-order valence-corrected chi connectivity index (χ4v) is 1.79. The van der Waals surface area contributed by atoms with Crippen LogP contribution in [0.1, 0.15) is 20.8 Å². The Kier molecular flexibility index (Phi) is 3.77. The smallest absolute Gasteiger partial charge is 0.428 e. The first-order valence-electron chi connectivity index (χ1n) is 4.93. The summed E-state index contributed by atoms with van der Waals surface area (Å²) in [5, 5.41) is 0. The van der Waals surface area contributed by atoms with E-state index >= 15 is 0 Å². The predicted octanol–water partition coefficient (Wildman–Crippen LogP) is 2.33. The highest BCUT2D eigenvalue weighted by Crippen LogP contribution is 2.15. The van der Waals surface area contributed by atoms with Crippen LogP contribution in [0, 0.1) is 0 Å². The van der Waals surface area contributed by atoms with E-state index < -0.39 is 21.9 Å². The first-order valence-corrected chi connectivity index (χ1v) is 6.34. The number of ether oxygens (including phenoxy) is 1. The summed E-state index contributed by atoms with van der Waals surface area (Å²) in [6.07, 6.45) is -1.23. The molecule has 5 nitrogen and oxygen atoms in total. The van der Waals surface area contributed by atoms with Gasteiger partial charge in [0, 0.05) is 0 Å². The zero-order chi connectivity index (χ0) is 13.1. The molecule has 0 aliphatic carbocycles. The Morgan fingerprint density at radius 1 is 1.12 bits per heavy atom. The number of rotatable bonds is 2. The number of benzene rings is 1. The third-order valence-electron chi connectivity index (χ3n) is 1.60. The van der Waals surface area contributed by atoms with Crippen molar-refractivity contribution in [1.82, 2.24) is 0 Å². The average Bonchev–Trinajstić information content (AvgIpc) is 2.15. The van der Waals surface area contributed by atoms with E-state index in [-0.39, 0.29) is 4.90 Å². The van der Waals surface area contributed by atoms with Gasteiger partial charge in [0.05, 0.1) is 0 Å². The van der Waals surface area contributed by atoms with E-state index in [1.807, 2.05) is 0 Å². The third kappa shape index (κ3) is 4.44. The molecule has 94 valence electrons. The lowest BCUT2D eigenvalue weighted by molar-refractivity contribution is 0.0222. The minimum atomic E-state index is -4.11. The van der Waals surface area contributed by atoms with Crippen molar-refractivity contribution < 1.29 is 22.1 Å². The Bertz CT molecular complexity index is 484.